The Balaban J connectivity index is 2.30. The highest BCUT2D eigenvalue weighted by Crippen LogP contribution is 2.32. The molecule has 0 spiro atoms. The zero-order chi connectivity index (χ0) is 17.7. The number of carbonyl (C=O) groups is 1. The Morgan fingerprint density at radius 1 is 1.38 bits per heavy atom. The highest BCUT2D eigenvalue weighted by Gasteiger charge is 2.32. The van der Waals surface area contributed by atoms with Crippen LogP contribution >= 0.6 is 11.3 Å². The zero-order valence-electron chi connectivity index (χ0n) is 12.4. The zero-order valence-corrected chi connectivity index (χ0v) is 13.2. The number of halogens is 3. The number of benzene rings is 1. The SMILES string of the molecule is CCc1nnc(NC(=O)/C(C#N)=C/c2ccccc2C(F)(F)F)s1. The molecule has 0 saturated heterocycles. The number of nitrogens with one attached hydrogen (secondary N) is 1. The maximum absolute atomic E-state index is 13.0. The number of alkyl halides is 3. The van der Waals surface area contributed by atoms with Crippen molar-refractivity contribution in [2.24, 2.45) is 0 Å². The van der Waals surface area contributed by atoms with Crippen molar-refractivity contribution < 1.29 is 18.0 Å². The Bertz CT molecular complexity index is 821. The number of aryl methyl sites for hydroxylation is 1. The van der Waals surface area contributed by atoms with Gasteiger partial charge in [0.05, 0.1) is 5.56 Å². The summed E-state index contributed by atoms with van der Waals surface area (Å²) in [6.07, 6.45) is -3.05. The molecule has 2 aromatic rings. The van der Waals surface area contributed by atoms with Crippen molar-refractivity contribution in [3.05, 3.63) is 46.0 Å². The van der Waals surface area contributed by atoms with E-state index in [1.165, 1.54) is 18.2 Å². The summed E-state index contributed by atoms with van der Waals surface area (Å²) in [5.41, 5.74) is -1.64. The molecule has 0 radical (unpaired) electrons. The molecule has 1 N–H and O–H groups in total. The van der Waals surface area contributed by atoms with Gasteiger partial charge in [-0.1, -0.05) is 36.5 Å². The first-order valence-corrected chi connectivity index (χ1v) is 7.58. The molecule has 1 aromatic heterocycles. The molecule has 0 fully saturated rings. The van der Waals surface area contributed by atoms with Gasteiger partial charge in [0.1, 0.15) is 16.6 Å². The molecule has 9 heteroatoms. The predicted octanol–water partition coefficient (Wildman–Crippen LogP) is 3.66. The van der Waals surface area contributed by atoms with Crippen LogP contribution in [-0.2, 0) is 17.4 Å². The summed E-state index contributed by atoms with van der Waals surface area (Å²) in [6.45, 7) is 1.86. The molecule has 2 rings (SSSR count). The number of nitriles is 1. The van der Waals surface area contributed by atoms with E-state index in [0.717, 1.165) is 23.5 Å². The topological polar surface area (TPSA) is 78.7 Å². The predicted molar refractivity (Wildman–Crippen MR) is 83.0 cm³/mol. The highest BCUT2D eigenvalue weighted by atomic mass is 32.1. The molecule has 0 bridgehead atoms. The maximum atomic E-state index is 13.0. The van der Waals surface area contributed by atoms with E-state index in [-0.39, 0.29) is 10.7 Å². The molecule has 0 aliphatic heterocycles. The van der Waals surface area contributed by atoms with Gasteiger partial charge in [-0.25, -0.2) is 0 Å². The third kappa shape index (κ3) is 4.17. The van der Waals surface area contributed by atoms with Crippen LogP contribution < -0.4 is 5.32 Å². The molecular formula is C15H11F3N4OS. The lowest BCUT2D eigenvalue weighted by Gasteiger charge is -2.10. The number of rotatable bonds is 4. The molecule has 1 amide bonds. The fourth-order valence-electron chi connectivity index (χ4n) is 1.80. The summed E-state index contributed by atoms with van der Waals surface area (Å²) in [6, 6.07) is 6.31. The van der Waals surface area contributed by atoms with E-state index in [0.29, 0.717) is 11.4 Å². The van der Waals surface area contributed by atoms with Crippen LogP contribution in [0.1, 0.15) is 23.1 Å². The van der Waals surface area contributed by atoms with Gasteiger partial charge in [0.25, 0.3) is 5.91 Å². The van der Waals surface area contributed by atoms with E-state index in [2.05, 4.69) is 15.5 Å². The van der Waals surface area contributed by atoms with E-state index in [9.17, 15) is 18.0 Å². The Morgan fingerprint density at radius 2 is 2.08 bits per heavy atom. The molecule has 0 aliphatic rings. The van der Waals surface area contributed by atoms with Gasteiger partial charge < -0.3 is 0 Å². The first kappa shape index (κ1) is 17.6. The Labute approximate surface area is 139 Å². The molecule has 0 saturated carbocycles. The van der Waals surface area contributed by atoms with E-state index in [1.807, 2.05) is 6.92 Å². The Hall–Kier alpha value is -2.73. The summed E-state index contributed by atoms with van der Waals surface area (Å²) in [4.78, 5) is 12.1. The van der Waals surface area contributed by atoms with Gasteiger partial charge in [0.2, 0.25) is 5.13 Å². The van der Waals surface area contributed by atoms with Gasteiger partial charge in [0, 0.05) is 0 Å². The fourth-order valence-corrected chi connectivity index (χ4v) is 2.47. The lowest BCUT2D eigenvalue weighted by Crippen LogP contribution is -2.14. The van der Waals surface area contributed by atoms with E-state index in [4.69, 9.17) is 5.26 Å². The minimum atomic E-state index is -4.58. The molecule has 0 aliphatic carbocycles. The number of anilines is 1. The second kappa shape index (κ2) is 7.23. The summed E-state index contributed by atoms with van der Waals surface area (Å²) >= 11 is 1.13. The fraction of sp³-hybridized carbons (Fsp3) is 0.200. The lowest BCUT2D eigenvalue weighted by molar-refractivity contribution is -0.137. The molecular weight excluding hydrogens is 341 g/mol. The standard InChI is InChI=1S/C15H11F3N4OS/c1-2-12-21-22-14(24-12)20-13(23)10(8-19)7-9-5-3-4-6-11(9)15(16,17)18/h3-7H,2H2,1H3,(H,20,22,23)/b10-7+. The minimum absolute atomic E-state index is 0.183. The monoisotopic (exact) mass is 352 g/mol. The quantitative estimate of drug-likeness (QED) is 0.673. The van der Waals surface area contributed by atoms with Crippen LogP contribution in [0.3, 0.4) is 0 Å². The van der Waals surface area contributed by atoms with Crippen LogP contribution in [0.25, 0.3) is 6.08 Å². The molecule has 0 atom stereocenters. The van der Waals surface area contributed by atoms with Crippen molar-refractivity contribution in [1.82, 2.24) is 10.2 Å². The largest absolute Gasteiger partial charge is 0.416 e. The molecule has 124 valence electrons. The molecule has 0 unspecified atom stereocenters. The first-order chi connectivity index (χ1) is 11.3. The van der Waals surface area contributed by atoms with Crippen LogP contribution in [0.4, 0.5) is 18.3 Å². The van der Waals surface area contributed by atoms with E-state index in [1.54, 1.807) is 6.07 Å². The summed E-state index contributed by atoms with van der Waals surface area (Å²) < 4.78 is 38.9. The number of amides is 1. The number of hydrogen-bond acceptors (Lipinski definition) is 5. The van der Waals surface area contributed by atoms with Gasteiger partial charge >= 0.3 is 6.18 Å². The number of hydrogen-bond donors (Lipinski definition) is 1. The van der Waals surface area contributed by atoms with Gasteiger partial charge in [-0.3, -0.25) is 10.1 Å². The third-order valence-electron chi connectivity index (χ3n) is 2.92. The summed E-state index contributed by atoms with van der Waals surface area (Å²) in [5.74, 6) is -0.840. The highest BCUT2D eigenvalue weighted by molar-refractivity contribution is 7.15. The Kier molecular flexibility index (Phi) is 5.31. The average Bonchev–Trinajstić information content (AvgIpc) is 2.99. The molecule has 1 heterocycles. The van der Waals surface area contributed by atoms with Crippen LogP contribution in [0, 0.1) is 11.3 Å². The van der Waals surface area contributed by atoms with Crippen LogP contribution in [0.5, 0.6) is 0 Å². The van der Waals surface area contributed by atoms with E-state index < -0.39 is 23.2 Å². The van der Waals surface area contributed by atoms with Crippen molar-refractivity contribution in [3.8, 4) is 6.07 Å². The van der Waals surface area contributed by atoms with Gasteiger partial charge in [-0.15, -0.1) is 10.2 Å². The number of aromatic nitrogens is 2. The third-order valence-corrected chi connectivity index (χ3v) is 3.90. The Morgan fingerprint density at radius 3 is 2.67 bits per heavy atom. The maximum Gasteiger partial charge on any atom is 0.416 e. The van der Waals surface area contributed by atoms with Crippen molar-refractivity contribution in [3.63, 3.8) is 0 Å². The molecule has 24 heavy (non-hydrogen) atoms. The normalized spacial score (nSPS) is 11.9. The average molecular weight is 352 g/mol. The lowest BCUT2D eigenvalue weighted by atomic mass is 10.0. The van der Waals surface area contributed by atoms with Gasteiger partial charge in [-0.2, -0.15) is 18.4 Å². The smallest absolute Gasteiger partial charge is 0.296 e. The second-order valence-corrected chi connectivity index (χ2v) is 5.63. The van der Waals surface area contributed by atoms with Gasteiger partial charge in [0.15, 0.2) is 0 Å². The van der Waals surface area contributed by atoms with E-state index >= 15 is 0 Å². The van der Waals surface area contributed by atoms with Crippen molar-refractivity contribution >= 4 is 28.5 Å². The van der Waals surface area contributed by atoms with Gasteiger partial charge in [-0.05, 0) is 24.1 Å². The molecule has 5 nitrogen and oxygen atoms in total. The van der Waals surface area contributed by atoms with Crippen LogP contribution in [0.15, 0.2) is 29.8 Å². The number of nitrogens with zero attached hydrogens (tertiary/aromatic N) is 3. The number of carbonyl (C=O) groups excluding carboxylic acids is 1. The van der Waals surface area contributed by atoms with Crippen molar-refractivity contribution in [2.75, 3.05) is 5.32 Å². The first-order valence-electron chi connectivity index (χ1n) is 6.77. The molecule has 1 aromatic carbocycles. The summed E-state index contributed by atoms with van der Waals surface area (Å²) in [5, 5.41) is 19.9. The van der Waals surface area contributed by atoms with Crippen LogP contribution in [-0.4, -0.2) is 16.1 Å². The second-order valence-electron chi connectivity index (χ2n) is 4.56. The van der Waals surface area contributed by atoms with Crippen molar-refractivity contribution in [2.45, 2.75) is 19.5 Å². The van der Waals surface area contributed by atoms with Crippen molar-refractivity contribution in [1.29, 1.82) is 5.26 Å². The summed E-state index contributed by atoms with van der Waals surface area (Å²) in [7, 11) is 0. The van der Waals surface area contributed by atoms with Crippen LogP contribution in [0.2, 0.25) is 0 Å². The minimum Gasteiger partial charge on any atom is -0.296 e.